The van der Waals surface area contributed by atoms with E-state index in [0.717, 1.165) is 5.56 Å². The molecule has 2 aliphatic heterocycles. The molecule has 6 nitrogen and oxygen atoms in total. The number of rotatable bonds is 3. The van der Waals surface area contributed by atoms with Gasteiger partial charge in [0.1, 0.15) is 0 Å². The lowest BCUT2D eigenvalue weighted by molar-refractivity contribution is -0.115. The Morgan fingerprint density at radius 2 is 2.14 bits per heavy atom. The Morgan fingerprint density at radius 3 is 2.90 bits per heavy atom. The molecule has 0 spiro atoms. The standard InChI is InChI=1S/C15H18N2O4/c18-13-8-10-1-2-11(7-12(10)17-13)14(19)16-9-15(20)3-5-21-6-4-15/h1-2,7,20H,3-6,8-9H2,(H,16,19)(H,17,18). The number of carbonyl (C=O) groups is 2. The third-order valence-corrected chi connectivity index (χ3v) is 4.00. The third-order valence-electron chi connectivity index (χ3n) is 4.00. The average molecular weight is 290 g/mol. The summed E-state index contributed by atoms with van der Waals surface area (Å²) in [5.41, 5.74) is 1.18. The lowest BCUT2D eigenvalue weighted by Gasteiger charge is -2.32. The maximum Gasteiger partial charge on any atom is 0.251 e. The molecule has 0 unspecified atom stereocenters. The molecule has 6 heteroatoms. The van der Waals surface area contributed by atoms with Crippen LogP contribution in [0.4, 0.5) is 5.69 Å². The van der Waals surface area contributed by atoms with Crippen molar-refractivity contribution in [3.8, 4) is 0 Å². The Kier molecular flexibility index (Phi) is 3.65. The molecule has 1 aromatic rings. The number of aliphatic hydroxyl groups is 1. The minimum atomic E-state index is -0.890. The van der Waals surface area contributed by atoms with Crippen LogP contribution in [-0.4, -0.2) is 42.3 Å². The lowest BCUT2D eigenvalue weighted by atomic mass is 9.94. The highest BCUT2D eigenvalue weighted by Gasteiger charge is 2.30. The van der Waals surface area contributed by atoms with E-state index in [9.17, 15) is 14.7 Å². The summed E-state index contributed by atoms with van der Waals surface area (Å²) in [6, 6.07) is 5.15. The molecule has 3 rings (SSSR count). The molecule has 0 radical (unpaired) electrons. The summed E-state index contributed by atoms with van der Waals surface area (Å²) < 4.78 is 5.20. The molecule has 0 aliphatic carbocycles. The number of benzene rings is 1. The minimum Gasteiger partial charge on any atom is -0.388 e. The molecule has 112 valence electrons. The zero-order valence-corrected chi connectivity index (χ0v) is 11.6. The summed E-state index contributed by atoms with van der Waals surface area (Å²) in [5.74, 6) is -0.307. The van der Waals surface area contributed by atoms with Crippen molar-refractivity contribution in [2.75, 3.05) is 25.1 Å². The van der Waals surface area contributed by atoms with Crippen molar-refractivity contribution in [3.63, 3.8) is 0 Å². The van der Waals surface area contributed by atoms with E-state index in [-0.39, 0.29) is 18.4 Å². The van der Waals surface area contributed by atoms with Gasteiger partial charge in [0.15, 0.2) is 0 Å². The van der Waals surface area contributed by atoms with Crippen LogP contribution in [0.2, 0.25) is 0 Å². The predicted molar refractivity (Wildman–Crippen MR) is 76.1 cm³/mol. The molecule has 0 bridgehead atoms. The average Bonchev–Trinajstić information content (AvgIpc) is 2.84. The van der Waals surface area contributed by atoms with Gasteiger partial charge in [-0.2, -0.15) is 0 Å². The first-order valence-electron chi connectivity index (χ1n) is 7.07. The number of hydrogen-bond acceptors (Lipinski definition) is 4. The second-order valence-electron chi connectivity index (χ2n) is 5.62. The van der Waals surface area contributed by atoms with Crippen LogP contribution in [0.25, 0.3) is 0 Å². The topological polar surface area (TPSA) is 87.7 Å². The lowest BCUT2D eigenvalue weighted by Crippen LogP contribution is -2.46. The zero-order chi connectivity index (χ0) is 14.9. The van der Waals surface area contributed by atoms with E-state index in [1.807, 2.05) is 0 Å². The van der Waals surface area contributed by atoms with Crippen LogP contribution in [-0.2, 0) is 16.0 Å². The van der Waals surface area contributed by atoms with Crippen molar-refractivity contribution < 1.29 is 19.4 Å². The fraction of sp³-hybridized carbons (Fsp3) is 0.467. The van der Waals surface area contributed by atoms with Gasteiger partial charge in [0.25, 0.3) is 5.91 Å². The molecule has 1 fully saturated rings. The first kappa shape index (κ1) is 14.0. The fourth-order valence-corrected chi connectivity index (χ4v) is 2.63. The molecular weight excluding hydrogens is 272 g/mol. The van der Waals surface area contributed by atoms with Crippen LogP contribution in [0.5, 0.6) is 0 Å². The van der Waals surface area contributed by atoms with Gasteiger partial charge >= 0.3 is 0 Å². The summed E-state index contributed by atoms with van der Waals surface area (Å²) >= 11 is 0. The SMILES string of the molecule is O=C1Cc2ccc(C(=O)NCC3(O)CCOCC3)cc2N1. The number of anilines is 1. The van der Waals surface area contributed by atoms with Crippen molar-refractivity contribution in [2.24, 2.45) is 0 Å². The van der Waals surface area contributed by atoms with Gasteiger partial charge in [-0.05, 0) is 17.7 Å². The highest BCUT2D eigenvalue weighted by atomic mass is 16.5. The van der Waals surface area contributed by atoms with Gasteiger partial charge in [-0.15, -0.1) is 0 Å². The number of carbonyl (C=O) groups excluding carboxylic acids is 2. The molecule has 21 heavy (non-hydrogen) atoms. The smallest absolute Gasteiger partial charge is 0.251 e. The summed E-state index contributed by atoms with van der Waals surface area (Å²) in [7, 11) is 0. The van der Waals surface area contributed by atoms with E-state index in [2.05, 4.69) is 10.6 Å². The van der Waals surface area contributed by atoms with Crippen LogP contribution < -0.4 is 10.6 Å². The first-order valence-corrected chi connectivity index (χ1v) is 7.07. The molecule has 2 heterocycles. The van der Waals surface area contributed by atoms with Gasteiger partial charge in [-0.3, -0.25) is 9.59 Å². The van der Waals surface area contributed by atoms with E-state index >= 15 is 0 Å². The summed E-state index contributed by atoms with van der Waals surface area (Å²) in [6.45, 7) is 1.23. The van der Waals surface area contributed by atoms with E-state index in [1.165, 1.54) is 0 Å². The monoisotopic (exact) mass is 290 g/mol. The third kappa shape index (κ3) is 3.06. The largest absolute Gasteiger partial charge is 0.388 e. The highest BCUT2D eigenvalue weighted by molar-refractivity contribution is 6.02. The number of hydrogen-bond donors (Lipinski definition) is 3. The summed E-state index contributed by atoms with van der Waals surface area (Å²) in [6.07, 6.45) is 1.40. The summed E-state index contributed by atoms with van der Waals surface area (Å²) in [5, 5.41) is 15.8. The van der Waals surface area contributed by atoms with Gasteiger partial charge in [0.2, 0.25) is 5.91 Å². The van der Waals surface area contributed by atoms with E-state index in [4.69, 9.17) is 4.74 Å². The van der Waals surface area contributed by atoms with Gasteiger partial charge in [0, 0.05) is 43.9 Å². The molecular formula is C15H18N2O4. The number of fused-ring (bicyclic) bond motifs is 1. The van der Waals surface area contributed by atoms with Crippen molar-refractivity contribution in [3.05, 3.63) is 29.3 Å². The van der Waals surface area contributed by atoms with Crippen molar-refractivity contribution >= 4 is 17.5 Å². The van der Waals surface area contributed by atoms with Gasteiger partial charge in [-0.25, -0.2) is 0 Å². The molecule has 2 amide bonds. The van der Waals surface area contributed by atoms with Crippen LogP contribution in [0.1, 0.15) is 28.8 Å². The highest BCUT2D eigenvalue weighted by Crippen LogP contribution is 2.24. The van der Waals surface area contributed by atoms with Crippen molar-refractivity contribution in [1.29, 1.82) is 0 Å². The molecule has 0 aromatic heterocycles. The molecule has 1 saturated heterocycles. The van der Waals surface area contributed by atoms with Gasteiger partial charge in [-0.1, -0.05) is 6.07 Å². The normalized spacial score (nSPS) is 19.8. The molecule has 0 saturated carbocycles. The number of nitrogens with one attached hydrogen (secondary N) is 2. The quantitative estimate of drug-likeness (QED) is 0.754. The van der Waals surface area contributed by atoms with Crippen LogP contribution in [0, 0.1) is 0 Å². The Morgan fingerprint density at radius 1 is 1.38 bits per heavy atom. The van der Waals surface area contributed by atoms with Crippen molar-refractivity contribution in [2.45, 2.75) is 24.9 Å². The Balaban J connectivity index is 1.63. The summed E-state index contributed by atoms with van der Waals surface area (Å²) in [4.78, 5) is 23.4. The first-order chi connectivity index (χ1) is 10.1. The second-order valence-corrected chi connectivity index (χ2v) is 5.62. The Labute approximate surface area is 122 Å². The molecule has 0 atom stereocenters. The van der Waals surface area contributed by atoms with Crippen LogP contribution in [0.3, 0.4) is 0 Å². The van der Waals surface area contributed by atoms with Crippen molar-refractivity contribution in [1.82, 2.24) is 5.32 Å². The number of ether oxygens (including phenoxy) is 1. The second kappa shape index (κ2) is 5.46. The van der Waals surface area contributed by atoms with E-state index in [1.54, 1.807) is 18.2 Å². The fourth-order valence-electron chi connectivity index (χ4n) is 2.63. The van der Waals surface area contributed by atoms with E-state index in [0.29, 0.717) is 43.7 Å². The Hall–Kier alpha value is -1.92. The maximum absolute atomic E-state index is 12.1. The predicted octanol–water partition coefficient (Wildman–Crippen LogP) is 0.452. The van der Waals surface area contributed by atoms with Gasteiger partial charge in [0.05, 0.1) is 12.0 Å². The van der Waals surface area contributed by atoms with Crippen LogP contribution in [0.15, 0.2) is 18.2 Å². The number of amides is 2. The molecule has 1 aromatic carbocycles. The van der Waals surface area contributed by atoms with E-state index < -0.39 is 5.60 Å². The maximum atomic E-state index is 12.1. The molecule has 2 aliphatic rings. The molecule has 3 N–H and O–H groups in total. The minimum absolute atomic E-state index is 0.0564. The van der Waals surface area contributed by atoms with Gasteiger partial charge < -0.3 is 20.5 Å². The Bertz CT molecular complexity index is 579. The van der Waals surface area contributed by atoms with Crippen LogP contribution >= 0.6 is 0 Å². The zero-order valence-electron chi connectivity index (χ0n) is 11.6.